The molecular weight excluding hydrogens is 314 g/mol. The number of esters is 1. The normalized spacial score (nSPS) is 16.1. The number of carbonyl (C=O) groups is 2. The van der Waals surface area contributed by atoms with E-state index in [1.807, 2.05) is 13.1 Å². The van der Waals surface area contributed by atoms with Crippen molar-refractivity contribution in [2.45, 2.75) is 77.7 Å². The number of methoxy groups -OCH3 is 1. The summed E-state index contributed by atoms with van der Waals surface area (Å²) in [5.74, 6) is -0.720. The van der Waals surface area contributed by atoms with Crippen LogP contribution in [0.15, 0.2) is 0 Å². The molecular formula is C16H33NO5Si. The zero-order valence-electron chi connectivity index (χ0n) is 17.0. The fourth-order valence-corrected chi connectivity index (χ4v) is 2.40. The Morgan fingerprint density at radius 1 is 1.13 bits per heavy atom. The smallest absolute Gasteiger partial charge is 0.408 e. The van der Waals surface area contributed by atoms with Gasteiger partial charge in [0.15, 0.2) is 13.9 Å². The van der Waals surface area contributed by atoms with Crippen molar-refractivity contribution in [3.63, 3.8) is 0 Å². The topological polar surface area (TPSA) is 73.9 Å². The lowest BCUT2D eigenvalue weighted by molar-refractivity contribution is -0.149. The minimum atomic E-state index is -2.17. The quantitative estimate of drug-likeness (QED) is 0.608. The second-order valence-electron chi connectivity index (χ2n) is 8.25. The number of carbonyl (C=O) groups excluding carboxylic acids is 2. The van der Waals surface area contributed by atoms with Gasteiger partial charge in [0.05, 0.1) is 13.7 Å². The summed E-state index contributed by atoms with van der Waals surface area (Å²) in [5.41, 5.74) is -2.30. The molecule has 1 amide bonds. The van der Waals surface area contributed by atoms with Crippen LogP contribution in [0.1, 0.15) is 49.8 Å². The summed E-state index contributed by atoms with van der Waals surface area (Å²) < 4.78 is 23.8. The molecule has 0 rings (SSSR count). The highest BCUT2D eigenvalue weighted by molar-refractivity contribution is 6.74. The largest absolute Gasteiger partial charge is 0.467 e. The van der Waals surface area contributed by atoms with Crippen molar-refractivity contribution in [2.75, 3.05) is 13.7 Å². The van der Waals surface area contributed by atoms with Gasteiger partial charge in [0.25, 0.3) is 0 Å². The molecule has 1 N–H and O–H groups in total. The Morgan fingerprint density at radius 2 is 1.65 bits per heavy atom. The molecule has 23 heavy (non-hydrogen) atoms. The van der Waals surface area contributed by atoms with Gasteiger partial charge < -0.3 is 19.2 Å². The monoisotopic (exact) mass is 348 g/mol. The molecule has 0 bridgehead atoms. The first-order valence-electron chi connectivity index (χ1n) is 8.34. The molecule has 1 atom stereocenters. The van der Waals surface area contributed by atoms with Crippen LogP contribution in [0, 0.1) is 0 Å². The lowest BCUT2D eigenvalue weighted by atomic mass is 10.1. The molecule has 0 saturated heterocycles. The molecule has 0 aliphatic heterocycles. The average Bonchev–Trinajstić information content (AvgIpc) is 2.39. The molecule has 0 heterocycles. The van der Waals surface area contributed by atoms with Crippen molar-refractivity contribution in [3.05, 3.63) is 0 Å². The number of hydrogen-bond acceptors (Lipinski definition) is 5. The SMILES string of the molecule is [2H]C[C@@](CO[Si](C)(C)C(C)(C)C)(NC(=O)OC(C)(C)C)C(=O)OC. The Kier molecular flexibility index (Phi) is 6.26. The van der Waals surface area contributed by atoms with Gasteiger partial charge in [-0.2, -0.15) is 0 Å². The minimum absolute atomic E-state index is 0.0667. The Bertz CT molecular complexity index is 456. The van der Waals surface area contributed by atoms with Gasteiger partial charge in [-0.15, -0.1) is 0 Å². The van der Waals surface area contributed by atoms with Crippen molar-refractivity contribution in [2.24, 2.45) is 0 Å². The van der Waals surface area contributed by atoms with E-state index >= 15 is 0 Å². The first-order chi connectivity index (χ1) is 10.6. The molecule has 0 aromatic carbocycles. The van der Waals surface area contributed by atoms with Gasteiger partial charge >= 0.3 is 12.1 Å². The third kappa shape index (κ3) is 6.91. The maximum Gasteiger partial charge on any atom is 0.408 e. The van der Waals surface area contributed by atoms with Crippen LogP contribution in [0.25, 0.3) is 0 Å². The highest BCUT2D eigenvalue weighted by Gasteiger charge is 2.43. The number of rotatable bonds is 5. The minimum Gasteiger partial charge on any atom is -0.467 e. The van der Waals surface area contributed by atoms with Gasteiger partial charge in [0.1, 0.15) is 5.60 Å². The van der Waals surface area contributed by atoms with Crippen LogP contribution >= 0.6 is 0 Å². The first kappa shape index (κ1) is 20.0. The van der Waals surface area contributed by atoms with Crippen LogP contribution in [0.2, 0.25) is 18.1 Å². The highest BCUT2D eigenvalue weighted by Crippen LogP contribution is 2.37. The van der Waals surface area contributed by atoms with E-state index in [2.05, 4.69) is 26.1 Å². The van der Waals surface area contributed by atoms with Crippen molar-refractivity contribution in [3.8, 4) is 0 Å². The van der Waals surface area contributed by atoms with E-state index < -0.39 is 38.4 Å². The van der Waals surface area contributed by atoms with E-state index in [-0.39, 0.29) is 11.6 Å². The second-order valence-corrected chi connectivity index (χ2v) is 13.1. The van der Waals surface area contributed by atoms with Gasteiger partial charge in [-0.25, -0.2) is 9.59 Å². The molecule has 6 nitrogen and oxygen atoms in total. The maximum atomic E-state index is 12.3. The summed E-state index contributed by atoms with van der Waals surface area (Å²) in [7, 11) is -0.953. The van der Waals surface area contributed by atoms with E-state index in [0.29, 0.717) is 0 Å². The lowest BCUT2D eigenvalue weighted by Crippen LogP contribution is -2.59. The molecule has 0 radical (unpaired) electrons. The molecule has 7 heteroatoms. The molecule has 0 saturated carbocycles. The van der Waals surface area contributed by atoms with E-state index in [1.54, 1.807) is 20.8 Å². The van der Waals surface area contributed by atoms with E-state index in [0.717, 1.165) is 0 Å². The predicted octanol–water partition coefficient (Wildman–Crippen LogP) is 3.46. The molecule has 0 fully saturated rings. The zero-order valence-corrected chi connectivity index (χ0v) is 17.0. The molecule has 0 aromatic rings. The van der Waals surface area contributed by atoms with E-state index in [1.165, 1.54) is 7.11 Å². The number of hydrogen-bond donors (Lipinski definition) is 1. The van der Waals surface area contributed by atoms with Gasteiger partial charge in [0.2, 0.25) is 0 Å². The number of alkyl carbamates (subject to hydrolysis) is 1. The highest BCUT2D eigenvalue weighted by atomic mass is 28.4. The molecule has 0 unspecified atom stereocenters. The molecule has 0 aliphatic carbocycles. The van der Waals surface area contributed by atoms with Crippen molar-refractivity contribution in [1.29, 1.82) is 0 Å². The summed E-state index contributed by atoms with van der Waals surface area (Å²) in [5, 5.41) is 2.42. The third-order valence-corrected chi connectivity index (χ3v) is 8.28. The van der Waals surface area contributed by atoms with Gasteiger partial charge in [-0.1, -0.05) is 20.8 Å². The van der Waals surface area contributed by atoms with Crippen molar-refractivity contribution >= 4 is 20.4 Å². The maximum absolute atomic E-state index is 12.3. The molecule has 136 valence electrons. The van der Waals surface area contributed by atoms with E-state index in [4.69, 9.17) is 15.3 Å². The van der Waals surface area contributed by atoms with Crippen molar-refractivity contribution < 1.29 is 24.9 Å². The number of ether oxygens (including phenoxy) is 2. The summed E-state index contributed by atoms with van der Waals surface area (Å²) in [6, 6.07) is 0. The van der Waals surface area contributed by atoms with Crippen LogP contribution in [0.5, 0.6) is 0 Å². The van der Waals surface area contributed by atoms with Crippen LogP contribution in [0.4, 0.5) is 4.79 Å². The summed E-state index contributed by atoms with van der Waals surface area (Å²) in [4.78, 5) is 24.4. The van der Waals surface area contributed by atoms with Crippen LogP contribution in [-0.4, -0.2) is 45.2 Å². The third-order valence-electron chi connectivity index (χ3n) is 3.80. The zero-order chi connectivity index (χ0) is 19.4. The summed E-state index contributed by atoms with van der Waals surface area (Å²) in [6.45, 7) is 14.9. The number of amides is 1. The summed E-state index contributed by atoms with van der Waals surface area (Å²) >= 11 is 0. The Labute approximate surface area is 142 Å². The van der Waals surface area contributed by atoms with Crippen LogP contribution < -0.4 is 5.32 Å². The fourth-order valence-electron chi connectivity index (χ4n) is 1.36. The molecule has 0 aromatic heterocycles. The second kappa shape index (κ2) is 7.21. The van der Waals surface area contributed by atoms with Gasteiger partial charge in [-0.3, -0.25) is 0 Å². The Morgan fingerprint density at radius 3 is 2.00 bits per heavy atom. The van der Waals surface area contributed by atoms with Crippen LogP contribution in [-0.2, 0) is 18.7 Å². The molecule has 0 spiro atoms. The van der Waals surface area contributed by atoms with Crippen molar-refractivity contribution in [1.82, 2.24) is 5.32 Å². The van der Waals surface area contributed by atoms with E-state index in [9.17, 15) is 9.59 Å². The number of nitrogens with one attached hydrogen (secondary N) is 1. The standard InChI is InChI=1S/C16H33NO5Si/c1-14(2,3)22-13(19)17-16(7,12(18)20-8)11-21-23(9,10)15(4,5)6/h11H2,1-10H3,(H,17,19)/t16-/m0/s1/i7D. The first-order valence-corrected chi connectivity index (χ1v) is 10.5. The lowest BCUT2D eigenvalue weighted by Gasteiger charge is -2.39. The summed E-state index contributed by atoms with van der Waals surface area (Å²) in [6.07, 6.45) is -0.779. The molecule has 0 aliphatic rings. The van der Waals surface area contributed by atoms with Gasteiger partial charge in [-0.05, 0) is 45.8 Å². The Hall–Kier alpha value is -1.08. The van der Waals surface area contributed by atoms with Crippen LogP contribution in [0.3, 0.4) is 0 Å². The fraction of sp³-hybridized carbons (Fsp3) is 0.875. The Balaban J connectivity index is 5.37. The van der Waals surface area contributed by atoms with Gasteiger partial charge in [0, 0.05) is 1.37 Å². The average molecular weight is 349 g/mol. The predicted molar refractivity (Wildman–Crippen MR) is 92.9 cm³/mol.